The number of benzene rings is 1. The normalized spacial score (nSPS) is 14.6. The molecule has 2 aromatic rings. The highest BCUT2D eigenvalue weighted by molar-refractivity contribution is 7.12. The molecule has 2 heterocycles. The van der Waals surface area contributed by atoms with Gasteiger partial charge in [-0.05, 0) is 55.0 Å². The zero-order chi connectivity index (χ0) is 17.8. The number of fused-ring (bicyclic) bond motifs is 1. The topological polar surface area (TPSA) is 58.6 Å². The van der Waals surface area contributed by atoms with Crippen LogP contribution in [0.4, 0.5) is 0 Å². The minimum Gasteiger partial charge on any atom is -0.494 e. The third-order valence-corrected chi connectivity index (χ3v) is 5.14. The summed E-state index contributed by atoms with van der Waals surface area (Å²) in [5.41, 5.74) is 2.37. The Bertz CT molecular complexity index is 758. The quantitative estimate of drug-likeness (QED) is 0.894. The summed E-state index contributed by atoms with van der Waals surface area (Å²) < 4.78 is 5.55. The van der Waals surface area contributed by atoms with Gasteiger partial charge in [-0.25, -0.2) is 0 Å². The molecule has 1 aliphatic heterocycles. The molecule has 1 aromatic heterocycles. The van der Waals surface area contributed by atoms with Crippen LogP contribution in [-0.4, -0.2) is 35.9 Å². The van der Waals surface area contributed by atoms with Gasteiger partial charge in [0.05, 0.1) is 11.5 Å². The highest BCUT2D eigenvalue weighted by Gasteiger charge is 2.26. The van der Waals surface area contributed by atoms with E-state index in [1.165, 1.54) is 16.9 Å². The number of nitrogens with zero attached hydrogens (tertiary/aromatic N) is 1. The smallest absolute Gasteiger partial charge is 0.261 e. The average molecular weight is 358 g/mol. The Morgan fingerprint density at radius 2 is 2.16 bits per heavy atom. The minimum atomic E-state index is -0.550. The fraction of sp³-hybridized carbons (Fsp3) is 0.368. The van der Waals surface area contributed by atoms with Gasteiger partial charge in [0.1, 0.15) is 11.8 Å². The van der Waals surface area contributed by atoms with E-state index in [1.807, 2.05) is 30.5 Å². The number of carbonyl (C=O) groups excluding carboxylic acids is 2. The minimum absolute atomic E-state index is 0.0580. The molecular weight excluding hydrogens is 336 g/mol. The molecule has 3 rings (SSSR count). The maximum absolute atomic E-state index is 12.7. The van der Waals surface area contributed by atoms with Crippen molar-refractivity contribution in [3.8, 4) is 5.75 Å². The summed E-state index contributed by atoms with van der Waals surface area (Å²) in [6.45, 7) is 5.52. The van der Waals surface area contributed by atoms with Crippen molar-refractivity contribution in [2.75, 3.05) is 13.2 Å². The number of carbonyl (C=O) groups is 2. The Morgan fingerprint density at radius 3 is 2.88 bits per heavy atom. The van der Waals surface area contributed by atoms with Gasteiger partial charge in [0.25, 0.3) is 5.91 Å². The SMILES string of the molecule is CCOc1ccc2c(c1)CN(C(=O)[C@@H](C)NC(=O)c1cccs1)CC2. The number of ether oxygens (including phenoxy) is 1. The Labute approximate surface area is 151 Å². The molecule has 0 fully saturated rings. The molecule has 1 atom stereocenters. The van der Waals surface area contributed by atoms with Crippen LogP contribution in [0.2, 0.25) is 0 Å². The molecule has 1 N–H and O–H groups in total. The van der Waals surface area contributed by atoms with Crippen molar-refractivity contribution in [3.63, 3.8) is 0 Å². The summed E-state index contributed by atoms with van der Waals surface area (Å²) in [6.07, 6.45) is 0.819. The first kappa shape index (κ1) is 17.5. The van der Waals surface area contributed by atoms with Gasteiger partial charge in [-0.3, -0.25) is 9.59 Å². The third kappa shape index (κ3) is 4.02. The Hall–Kier alpha value is -2.34. The zero-order valence-corrected chi connectivity index (χ0v) is 15.3. The van der Waals surface area contributed by atoms with Crippen LogP contribution in [0.3, 0.4) is 0 Å². The summed E-state index contributed by atoms with van der Waals surface area (Å²) in [7, 11) is 0. The fourth-order valence-corrected chi connectivity index (χ4v) is 3.62. The van der Waals surface area contributed by atoms with Crippen molar-refractivity contribution in [1.82, 2.24) is 10.2 Å². The maximum atomic E-state index is 12.7. The highest BCUT2D eigenvalue weighted by atomic mass is 32.1. The zero-order valence-electron chi connectivity index (χ0n) is 14.5. The third-order valence-electron chi connectivity index (χ3n) is 4.28. The number of rotatable bonds is 5. The Kier molecular flexibility index (Phi) is 5.38. The highest BCUT2D eigenvalue weighted by Crippen LogP contribution is 2.24. The first-order valence-electron chi connectivity index (χ1n) is 8.46. The molecule has 1 aromatic carbocycles. The number of hydrogen-bond donors (Lipinski definition) is 1. The van der Waals surface area contributed by atoms with E-state index < -0.39 is 6.04 Å². The van der Waals surface area contributed by atoms with E-state index in [4.69, 9.17) is 4.74 Å². The van der Waals surface area contributed by atoms with Crippen LogP contribution in [0.1, 0.15) is 34.6 Å². The average Bonchev–Trinajstić information content (AvgIpc) is 3.15. The van der Waals surface area contributed by atoms with Gasteiger partial charge in [0.2, 0.25) is 5.91 Å². The van der Waals surface area contributed by atoms with Crippen LogP contribution < -0.4 is 10.1 Å². The first-order valence-corrected chi connectivity index (χ1v) is 9.34. The van der Waals surface area contributed by atoms with Crippen molar-refractivity contribution in [2.24, 2.45) is 0 Å². The summed E-state index contributed by atoms with van der Waals surface area (Å²) in [5.74, 6) is 0.568. The standard InChI is InChI=1S/C19H22N2O3S/c1-3-24-16-7-6-14-8-9-21(12-15(14)11-16)19(23)13(2)20-18(22)17-5-4-10-25-17/h4-7,10-11,13H,3,8-9,12H2,1-2H3,(H,20,22)/t13-/m1/s1. The van der Waals surface area contributed by atoms with Gasteiger partial charge in [0.15, 0.2) is 0 Å². The molecule has 0 saturated heterocycles. The molecule has 0 saturated carbocycles. The van der Waals surface area contributed by atoms with Crippen molar-refractivity contribution >= 4 is 23.2 Å². The lowest BCUT2D eigenvalue weighted by Gasteiger charge is -2.31. The molecule has 25 heavy (non-hydrogen) atoms. The van der Waals surface area contributed by atoms with E-state index in [9.17, 15) is 9.59 Å². The van der Waals surface area contributed by atoms with Gasteiger partial charge >= 0.3 is 0 Å². The molecule has 2 amide bonds. The van der Waals surface area contributed by atoms with Gasteiger partial charge in [0, 0.05) is 13.1 Å². The predicted molar refractivity (Wildman–Crippen MR) is 98.0 cm³/mol. The van der Waals surface area contributed by atoms with E-state index in [-0.39, 0.29) is 11.8 Å². The molecular formula is C19H22N2O3S. The Morgan fingerprint density at radius 1 is 1.32 bits per heavy atom. The molecule has 0 radical (unpaired) electrons. The number of hydrogen-bond acceptors (Lipinski definition) is 4. The number of nitrogens with one attached hydrogen (secondary N) is 1. The van der Waals surface area contributed by atoms with Crippen LogP contribution in [0, 0.1) is 0 Å². The van der Waals surface area contributed by atoms with Gasteiger partial charge < -0.3 is 15.0 Å². The van der Waals surface area contributed by atoms with Crippen LogP contribution in [0.15, 0.2) is 35.7 Å². The summed E-state index contributed by atoms with van der Waals surface area (Å²) in [4.78, 5) is 27.3. The second-order valence-corrected chi connectivity index (χ2v) is 6.99. The van der Waals surface area contributed by atoms with E-state index in [0.717, 1.165) is 17.7 Å². The van der Waals surface area contributed by atoms with E-state index >= 15 is 0 Å². The largest absolute Gasteiger partial charge is 0.494 e. The monoisotopic (exact) mass is 358 g/mol. The second-order valence-electron chi connectivity index (χ2n) is 6.05. The van der Waals surface area contributed by atoms with E-state index in [0.29, 0.717) is 24.6 Å². The van der Waals surface area contributed by atoms with Gasteiger partial charge in [-0.1, -0.05) is 12.1 Å². The van der Waals surface area contributed by atoms with Crippen LogP contribution in [-0.2, 0) is 17.8 Å². The maximum Gasteiger partial charge on any atom is 0.261 e. The van der Waals surface area contributed by atoms with Crippen molar-refractivity contribution < 1.29 is 14.3 Å². The molecule has 132 valence electrons. The Balaban J connectivity index is 1.65. The van der Waals surface area contributed by atoms with Crippen molar-refractivity contribution in [1.29, 1.82) is 0 Å². The molecule has 5 nitrogen and oxygen atoms in total. The van der Waals surface area contributed by atoms with Crippen molar-refractivity contribution in [3.05, 3.63) is 51.7 Å². The molecule has 0 unspecified atom stereocenters. The van der Waals surface area contributed by atoms with E-state index in [2.05, 4.69) is 11.4 Å². The number of thiophene rings is 1. The molecule has 0 bridgehead atoms. The first-order chi connectivity index (χ1) is 12.1. The lowest BCUT2D eigenvalue weighted by Crippen LogP contribution is -2.48. The van der Waals surface area contributed by atoms with E-state index in [1.54, 1.807) is 17.9 Å². The van der Waals surface area contributed by atoms with Gasteiger partial charge in [-0.2, -0.15) is 0 Å². The molecule has 6 heteroatoms. The van der Waals surface area contributed by atoms with Crippen molar-refractivity contribution in [2.45, 2.75) is 32.9 Å². The fourth-order valence-electron chi connectivity index (χ4n) is 2.99. The van der Waals surface area contributed by atoms with Crippen LogP contribution >= 0.6 is 11.3 Å². The lowest BCUT2D eigenvalue weighted by molar-refractivity contribution is -0.133. The number of amides is 2. The summed E-state index contributed by atoms with van der Waals surface area (Å²) in [5, 5.41) is 4.64. The lowest BCUT2D eigenvalue weighted by atomic mass is 9.99. The predicted octanol–water partition coefficient (Wildman–Crippen LogP) is 2.85. The van der Waals surface area contributed by atoms with Crippen LogP contribution in [0.5, 0.6) is 5.75 Å². The van der Waals surface area contributed by atoms with Gasteiger partial charge in [-0.15, -0.1) is 11.3 Å². The molecule has 0 spiro atoms. The van der Waals surface area contributed by atoms with Crippen LogP contribution in [0.25, 0.3) is 0 Å². The summed E-state index contributed by atoms with van der Waals surface area (Å²) >= 11 is 1.37. The molecule has 0 aliphatic carbocycles. The molecule has 1 aliphatic rings. The second kappa shape index (κ2) is 7.70. The summed E-state index contributed by atoms with van der Waals surface area (Å²) in [6, 6.07) is 9.08.